The Morgan fingerprint density at radius 2 is 1.57 bits per heavy atom. The van der Waals surface area contributed by atoms with Crippen molar-refractivity contribution in [3.8, 4) is 5.75 Å². The second-order valence-electron chi connectivity index (χ2n) is 5.74. The highest BCUT2D eigenvalue weighted by atomic mass is 127. The van der Waals surface area contributed by atoms with E-state index in [-0.39, 0.29) is 17.9 Å². The summed E-state index contributed by atoms with van der Waals surface area (Å²) in [6, 6.07) is 2.67. The van der Waals surface area contributed by atoms with Crippen molar-refractivity contribution in [2.45, 2.75) is 24.8 Å². The molecule has 0 atom stereocenters. The monoisotopic (exact) mass is 664 g/mol. The lowest BCUT2D eigenvalue weighted by molar-refractivity contribution is -0.361. The zero-order chi connectivity index (χ0) is 22.7. The molecule has 0 spiro atoms. The van der Waals surface area contributed by atoms with Gasteiger partial charge in [0.25, 0.3) is 0 Å². The lowest BCUT2D eigenvalue weighted by Crippen LogP contribution is -2.58. The quantitative estimate of drug-likeness (QED) is 0.124. The Bertz CT molecular complexity index is 917. The number of benzene rings is 2. The van der Waals surface area contributed by atoms with Crippen LogP contribution in [-0.2, 0) is 6.61 Å². The summed E-state index contributed by atoms with van der Waals surface area (Å²) in [7, 11) is 0. The first-order chi connectivity index (χ1) is 13.7. The van der Waals surface area contributed by atoms with Gasteiger partial charge >= 0.3 is 18.1 Å². The third kappa shape index (κ3) is 5.85. The molecule has 2 aromatic rings. The number of nitrogens with zero attached hydrogens (tertiary/aromatic N) is 1. The van der Waals surface area contributed by atoms with Gasteiger partial charge in [-0.2, -0.15) is 35.8 Å². The van der Waals surface area contributed by atoms with Crippen molar-refractivity contribution in [2.24, 2.45) is 5.10 Å². The zero-order valence-electron chi connectivity index (χ0n) is 14.4. The molecule has 30 heavy (non-hydrogen) atoms. The fourth-order valence-electron chi connectivity index (χ4n) is 2.00. The molecule has 0 unspecified atom stereocenters. The fourth-order valence-corrected chi connectivity index (χ4v) is 4.04. The SMILES string of the molecule is Fc1ccc(COc2c(I)cc(I)cc2/C=N\NC(F)(F)C(F)(F)C(F)(F)F)cc1. The lowest BCUT2D eigenvalue weighted by atomic mass is 10.2. The van der Waals surface area contributed by atoms with Crippen LogP contribution in [0.2, 0.25) is 0 Å². The summed E-state index contributed by atoms with van der Waals surface area (Å²) >= 11 is 3.74. The van der Waals surface area contributed by atoms with Gasteiger partial charge < -0.3 is 4.74 Å². The highest BCUT2D eigenvalue weighted by Gasteiger charge is 2.73. The van der Waals surface area contributed by atoms with Crippen LogP contribution in [0, 0.1) is 13.0 Å². The Balaban J connectivity index is 2.23. The molecule has 0 heterocycles. The predicted molar refractivity (Wildman–Crippen MR) is 109 cm³/mol. The van der Waals surface area contributed by atoms with E-state index in [4.69, 9.17) is 4.74 Å². The van der Waals surface area contributed by atoms with Gasteiger partial charge in [-0.1, -0.05) is 12.1 Å². The van der Waals surface area contributed by atoms with Gasteiger partial charge in [0, 0.05) is 9.13 Å². The zero-order valence-corrected chi connectivity index (χ0v) is 18.7. The number of hydrogen-bond donors (Lipinski definition) is 1. The smallest absolute Gasteiger partial charge is 0.462 e. The van der Waals surface area contributed by atoms with Crippen LogP contribution in [0.25, 0.3) is 0 Å². The van der Waals surface area contributed by atoms with Gasteiger partial charge in [-0.15, -0.1) is 0 Å². The Hall–Kier alpha value is -1.39. The van der Waals surface area contributed by atoms with E-state index >= 15 is 0 Å². The van der Waals surface area contributed by atoms with E-state index in [9.17, 15) is 35.1 Å². The Labute approximate surface area is 192 Å². The average molecular weight is 664 g/mol. The van der Waals surface area contributed by atoms with Crippen molar-refractivity contribution in [3.05, 3.63) is 60.5 Å². The van der Waals surface area contributed by atoms with Crippen molar-refractivity contribution in [3.63, 3.8) is 0 Å². The number of hydrazone groups is 1. The molecule has 0 aliphatic heterocycles. The molecular weight excluding hydrogens is 654 g/mol. The summed E-state index contributed by atoms with van der Waals surface area (Å²) < 4.78 is 109. The van der Waals surface area contributed by atoms with Crippen molar-refractivity contribution in [1.82, 2.24) is 5.43 Å². The molecular formula is C17H10F8I2N2O. The van der Waals surface area contributed by atoms with Gasteiger partial charge in [0.1, 0.15) is 18.2 Å². The first-order valence-electron chi connectivity index (χ1n) is 7.73. The van der Waals surface area contributed by atoms with E-state index in [1.807, 2.05) is 45.2 Å². The van der Waals surface area contributed by atoms with Crippen LogP contribution in [0.4, 0.5) is 35.1 Å². The Morgan fingerprint density at radius 3 is 2.13 bits per heavy atom. The van der Waals surface area contributed by atoms with Crippen LogP contribution in [-0.4, -0.2) is 24.4 Å². The average Bonchev–Trinajstić information content (AvgIpc) is 2.61. The largest absolute Gasteiger partial charge is 0.487 e. The van der Waals surface area contributed by atoms with E-state index in [0.717, 1.165) is 0 Å². The minimum Gasteiger partial charge on any atom is -0.487 e. The summed E-state index contributed by atoms with van der Waals surface area (Å²) in [4.78, 5) is 0. The Morgan fingerprint density at radius 1 is 0.967 bits per heavy atom. The van der Waals surface area contributed by atoms with E-state index in [1.165, 1.54) is 30.3 Å². The number of hydrogen-bond acceptors (Lipinski definition) is 3. The minimum atomic E-state index is -6.47. The molecule has 0 fully saturated rings. The summed E-state index contributed by atoms with van der Waals surface area (Å²) in [5.74, 6) is -6.67. The topological polar surface area (TPSA) is 33.6 Å². The highest BCUT2D eigenvalue weighted by molar-refractivity contribution is 14.1. The Kier molecular flexibility index (Phi) is 7.79. The second kappa shape index (κ2) is 9.40. The summed E-state index contributed by atoms with van der Waals surface area (Å²) in [6.07, 6.45) is -5.83. The molecule has 0 bridgehead atoms. The van der Waals surface area contributed by atoms with Crippen molar-refractivity contribution < 1.29 is 39.9 Å². The van der Waals surface area contributed by atoms with Gasteiger partial charge in [0.2, 0.25) is 0 Å². The van der Waals surface area contributed by atoms with Crippen LogP contribution < -0.4 is 10.2 Å². The van der Waals surface area contributed by atoms with Gasteiger partial charge in [-0.25, -0.2) is 9.82 Å². The molecule has 0 amide bonds. The number of halogens is 10. The first kappa shape index (κ1) is 24.9. The van der Waals surface area contributed by atoms with Crippen LogP contribution in [0.1, 0.15) is 11.1 Å². The second-order valence-corrected chi connectivity index (χ2v) is 8.15. The summed E-state index contributed by atoms with van der Waals surface area (Å²) in [5, 5.41) is 2.86. The van der Waals surface area contributed by atoms with E-state index in [0.29, 0.717) is 24.3 Å². The van der Waals surface area contributed by atoms with E-state index < -0.39 is 24.0 Å². The number of nitrogens with one attached hydrogen (secondary N) is 1. The van der Waals surface area contributed by atoms with Gasteiger partial charge in [0.15, 0.2) is 0 Å². The molecule has 164 valence electrons. The van der Waals surface area contributed by atoms with Crippen molar-refractivity contribution in [2.75, 3.05) is 0 Å². The number of rotatable bonds is 7. The molecule has 0 aliphatic rings. The third-order valence-corrected chi connectivity index (χ3v) is 4.92. The summed E-state index contributed by atoms with van der Waals surface area (Å²) in [5.41, 5.74) is 1.18. The standard InChI is InChI=1S/C17H10F8I2N2O/c18-11-3-1-9(2-4-11)8-30-14-10(5-12(26)6-13(14)27)7-28-29-17(24,25)15(19,20)16(21,22)23/h1-7,29H,8H2/b28-7-. The minimum absolute atomic E-state index is 0.0482. The van der Waals surface area contributed by atoms with Gasteiger partial charge in [-0.3, -0.25) is 0 Å². The van der Waals surface area contributed by atoms with Crippen LogP contribution >= 0.6 is 45.2 Å². The molecule has 0 saturated carbocycles. The molecule has 1 N–H and O–H groups in total. The first-order valence-corrected chi connectivity index (χ1v) is 9.89. The van der Waals surface area contributed by atoms with Gasteiger partial charge in [0.05, 0.1) is 9.78 Å². The molecule has 2 rings (SSSR count). The number of ether oxygens (including phenoxy) is 1. The molecule has 0 aromatic heterocycles. The van der Waals surface area contributed by atoms with E-state index in [2.05, 4.69) is 5.10 Å². The van der Waals surface area contributed by atoms with Gasteiger partial charge in [-0.05, 0) is 75.0 Å². The highest BCUT2D eigenvalue weighted by Crippen LogP contribution is 2.45. The fraction of sp³-hybridized carbons (Fsp3) is 0.235. The van der Waals surface area contributed by atoms with Crippen LogP contribution in [0.3, 0.4) is 0 Å². The molecule has 0 aliphatic carbocycles. The third-order valence-electron chi connectivity index (χ3n) is 3.49. The maximum absolute atomic E-state index is 13.3. The molecule has 2 aromatic carbocycles. The van der Waals surface area contributed by atoms with Crippen molar-refractivity contribution in [1.29, 1.82) is 0 Å². The maximum Gasteiger partial charge on any atom is 0.462 e. The van der Waals surface area contributed by atoms with Crippen molar-refractivity contribution >= 4 is 51.4 Å². The lowest BCUT2D eigenvalue weighted by Gasteiger charge is -2.27. The van der Waals surface area contributed by atoms with Crippen LogP contribution in [0.5, 0.6) is 5.75 Å². The number of alkyl halides is 7. The summed E-state index contributed by atoms with van der Waals surface area (Å²) in [6.45, 7) is -0.0482. The molecule has 0 saturated heterocycles. The van der Waals surface area contributed by atoms with E-state index in [1.54, 1.807) is 6.07 Å². The maximum atomic E-state index is 13.3. The molecule has 13 heteroatoms. The predicted octanol–water partition coefficient (Wildman–Crippen LogP) is 6.33. The normalized spacial score (nSPS) is 13.0. The molecule has 3 nitrogen and oxygen atoms in total. The van der Waals surface area contributed by atoms with Crippen LogP contribution in [0.15, 0.2) is 41.5 Å². The molecule has 0 radical (unpaired) electrons.